The van der Waals surface area contributed by atoms with Crippen molar-refractivity contribution in [3.63, 3.8) is 0 Å². The summed E-state index contributed by atoms with van der Waals surface area (Å²) in [5.41, 5.74) is 0.913. The first kappa shape index (κ1) is 15.0. The number of carbonyl (C=O) groups excluding carboxylic acids is 1. The lowest BCUT2D eigenvalue weighted by atomic mass is 9.94. The number of morpholine rings is 1. The van der Waals surface area contributed by atoms with Crippen LogP contribution in [0.2, 0.25) is 0 Å². The molecule has 3 rings (SSSR count). The Kier molecular flexibility index (Phi) is 4.16. The third kappa shape index (κ3) is 3.30. The highest BCUT2D eigenvalue weighted by atomic mass is 16.5. The number of amides is 1. The van der Waals surface area contributed by atoms with Gasteiger partial charge in [0.1, 0.15) is 0 Å². The minimum Gasteiger partial charge on any atom is -0.481 e. The van der Waals surface area contributed by atoms with Gasteiger partial charge in [-0.25, -0.2) is 0 Å². The number of hydrogen-bond acceptors (Lipinski definition) is 3. The van der Waals surface area contributed by atoms with Crippen LogP contribution in [0.15, 0.2) is 30.3 Å². The van der Waals surface area contributed by atoms with Crippen LogP contribution in [0.4, 0.5) is 0 Å². The molecule has 0 unspecified atom stereocenters. The summed E-state index contributed by atoms with van der Waals surface area (Å²) < 4.78 is 5.45. The lowest BCUT2D eigenvalue weighted by molar-refractivity contribution is -0.150. The van der Waals surface area contributed by atoms with Gasteiger partial charge in [-0.3, -0.25) is 9.59 Å². The maximum atomic E-state index is 12.8. The molecule has 0 aromatic heterocycles. The molecule has 118 valence electrons. The van der Waals surface area contributed by atoms with Crippen LogP contribution in [0, 0.1) is 5.41 Å². The maximum Gasteiger partial charge on any atom is 0.306 e. The lowest BCUT2D eigenvalue weighted by Crippen LogP contribution is -2.49. The number of nitrogens with zero attached hydrogens (tertiary/aromatic N) is 1. The summed E-state index contributed by atoms with van der Waals surface area (Å²) in [6, 6.07) is 10.1. The van der Waals surface area contributed by atoms with E-state index in [2.05, 4.69) is 12.1 Å². The van der Waals surface area contributed by atoms with Crippen molar-refractivity contribution < 1.29 is 19.4 Å². The number of carboxylic acid groups (broad SMARTS) is 1. The molecule has 22 heavy (non-hydrogen) atoms. The molecule has 1 amide bonds. The molecule has 1 aliphatic heterocycles. The zero-order chi connectivity index (χ0) is 15.6. The Labute approximate surface area is 129 Å². The Balaban J connectivity index is 1.64. The fraction of sp³-hybridized carbons (Fsp3) is 0.529. The molecule has 2 fully saturated rings. The second-order valence-corrected chi connectivity index (χ2v) is 6.28. The van der Waals surface area contributed by atoms with Gasteiger partial charge >= 0.3 is 5.97 Å². The Hall–Kier alpha value is -1.88. The van der Waals surface area contributed by atoms with E-state index in [9.17, 15) is 9.59 Å². The fourth-order valence-corrected chi connectivity index (χ4v) is 3.16. The first-order chi connectivity index (χ1) is 10.6. The molecule has 1 aromatic rings. The molecule has 5 nitrogen and oxygen atoms in total. The molecule has 0 radical (unpaired) electrons. The highest BCUT2D eigenvalue weighted by molar-refractivity contribution is 5.86. The highest BCUT2D eigenvalue weighted by Crippen LogP contribution is 2.50. The molecule has 0 bridgehead atoms. The van der Waals surface area contributed by atoms with Gasteiger partial charge in [0.05, 0.1) is 24.5 Å². The van der Waals surface area contributed by atoms with E-state index in [0.717, 1.165) is 19.3 Å². The number of aliphatic carboxylic acids is 1. The van der Waals surface area contributed by atoms with Gasteiger partial charge in [0.15, 0.2) is 0 Å². The van der Waals surface area contributed by atoms with Crippen molar-refractivity contribution in [2.45, 2.75) is 31.8 Å². The van der Waals surface area contributed by atoms with Gasteiger partial charge in [0.2, 0.25) is 5.91 Å². The van der Waals surface area contributed by atoms with Crippen molar-refractivity contribution in [1.82, 2.24) is 4.90 Å². The fourth-order valence-electron chi connectivity index (χ4n) is 3.16. The molecule has 1 aromatic carbocycles. The molecular weight excluding hydrogens is 282 g/mol. The number of ether oxygens (including phenoxy) is 1. The minimum absolute atomic E-state index is 0.0462. The molecule has 1 saturated carbocycles. The van der Waals surface area contributed by atoms with E-state index in [1.165, 1.54) is 5.56 Å². The summed E-state index contributed by atoms with van der Waals surface area (Å²) in [5.74, 6) is -0.722. The Morgan fingerprint density at radius 1 is 1.27 bits per heavy atom. The SMILES string of the molecule is O=C(O)C[C@H]1CN(C(=O)C2(Cc3ccccc3)CC2)CCO1. The molecule has 2 aliphatic rings. The van der Waals surface area contributed by atoms with Crippen molar-refractivity contribution >= 4 is 11.9 Å². The molecule has 1 saturated heterocycles. The standard InChI is InChI=1S/C17H21NO4/c19-15(20)10-14-12-18(8-9-22-14)16(21)17(6-7-17)11-13-4-2-1-3-5-13/h1-5,14H,6-12H2,(H,19,20)/t14-/m0/s1. The van der Waals surface area contributed by atoms with Gasteiger partial charge in [0.25, 0.3) is 0 Å². The highest BCUT2D eigenvalue weighted by Gasteiger charge is 2.51. The predicted octanol–water partition coefficient (Wildman–Crippen LogP) is 1.71. The van der Waals surface area contributed by atoms with Crippen LogP contribution in [0.1, 0.15) is 24.8 Å². The first-order valence-electron chi connectivity index (χ1n) is 7.76. The van der Waals surface area contributed by atoms with Crippen LogP contribution in [0.5, 0.6) is 0 Å². The van der Waals surface area contributed by atoms with Crippen LogP contribution in [0.25, 0.3) is 0 Å². The van der Waals surface area contributed by atoms with Gasteiger partial charge in [-0.15, -0.1) is 0 Å². The Morgan fingerprint density at radius 2 is 2.00 bits per heavy atom. The summed E-state index contributed by atoms with van der Waals surface area (Å²) in [4.78, 5) is 25.5. The van der Waals surface area contributed by atoms with E-state index >= 15 is 0 Å². The molecule has 1 heterocycles. The largest absolute Gasteiger partial charge is 0.481 e. The molecular formula is C17H21NO4. The van der Waals surface area contributed by atoms with E-state index in [-0.39, 0.29) is 23.8 Å². The van der Waals surface area contributed by atoms with Crippen LogP contribution < -0.4 is 0 Å². The number of rotatable bonds is 5. The van der Waals surface area contributed by atoms with Crippen LogP contribution in [-0.2, 0) is 20.7 Å². The molecule has 1 atom stereocenters. The zero-order valence-electron chi connectivity index (χ0n) is 12.5. The number of hydrogen-bond donors (Lipinski definition) is 1. The molecule has 0 spiro atoms. The van der Waals surface area contributed by atoms with Crippen molar-refractivity contribution in [1.29, 1.82) is 0 Å². The van der Waals surface area contributed by atoms with Gasteiger partial charge in [0, 0.05) is 13.1 Å². The predicted molar refractivity (Wildman–Crippen MR) is 80.4 cm³/mol. The van der Waals surface area contributed by atoms with E-state index in [1.54, 1.807) is 4.90 Å². The van der Waals surface area contributed by atoms with E-state index < -0.39 is 5.97 Å². The average molecular weight is 303 g/mol. The van der Waals surface area contributed by atoms with Crippen molar-refractivity contribution in [2.75, 3.05) is 19.7 Å². The minimum atomic E-state index is -0.885. The first-order valence-corrected chi connectivity index (χ1v) is 7.76. The van der Waals surface area contributed by atoms with Gasteiger partial charge in [-0.05, 0) is 24.8 Å². The summed E-state index contributed by atoms with van der Waals surface area (Å²) in [7, 11) is 0. The van der Waals surface area contributed by atoms with Gasteiger partial charge in [-0.1, -0.05) is 30.3 Å². The van der Waals surface area contributed by atoms with Crippen molar-refractivity contribution in [3.05, 3.63) is 35.9 Å². The van der Waals surface area contributed by atoms with Crippen LogP contribution in [0.3, 0.4) is 0 Å². The third-order valence-corrected chi connectivity index (χ3v) is 4.52. The van der Waals surface area contributed by atoms with Gasteiger partial charge in [-0.2, -0.15) is 0 Å². The van der Waals surface area contributed by atoms with Crippen LogP contribution in [-0.4, -0.2) is 47.7 Å². The number of benzene rings is 1. The summed E-state index contributed by atoms with van der Waals surface area (Å²) in [6.45, 7) is 1.37. The number of carboxylic acids is 1. The second kappa shape index (κ2) is 6.08. The van der Waals surface area contributed by atoms with Gasteiger partial charge < -0.3 is 14.7 Å². The monoisotopic (exact) mass is 303 g/mol. The van der Waals surface area contributed by atoms with Crippen molar-refractivity contribution in [3.8, 4) is 0 Å². The van der Waals surface area contributed by atoms with Crippen molar-refractivity contribution in [2.24, 2.45) is 5.41 Å². The van der Waals surface area contributed by atoms with E-state index in [4.69, 9.17) is 9.84 Å². The summed E-state index contributed by atoms with van der Waals surface area (Å²) in [5, 5.41) is 8.87. The summed E-state index contributed by atoms with van der Waals surface area (Å²) in [6.07, 6.45) is 2.18. The quantitative estimate of drug-likeness (QED) is 0.899. The second-order valence-electron chi connectivity index (χ2n) is 6.28. The van der Waals surface area contributed by atoms with E-state index in [0.29, 0.717) is 19.7 Å². The maximum absolute atomic E-state index is 12.8. The smallest absolute Gasteiger partial charge is 0.306 e. The Morgan fingerprint density at radius 3 is 2.64 bits per heavy atom. The van der Waals surface area contributed by atoms with E-state index in [1.807, 2.05) is 18.2 Å². The lowest BCUT2D eigenvalue weighted by Gasteiger charge is -2.34. The molecule has 1 aliphatic carbocycles. The topological polar surface area (TPSA) is 66.8 Å². The average Bonchev–Trinajstić information content (AvgIpc) is 3.28. The zero-order valence-corrected chi connectivity index (χ0v) is 12.5. The summed E-state index contributed by atoms with van der Waals surface area (Å²) >= 11 is 0. The third-order valence-electron chi connectivity index (χ3n) is 4.52. The normalized spacial score (nSPS) is 23.1. The molecule has 5 heteroatoms. The molecule has 1 N–H and O–H groups in total. The number of carbonyl (C=O) groups is 2. The Bertz CT molecular complexity index is 553. The van der Waals surface area contributed by atoms with Crippen LogP contribution >= 0.6 is 0 Å².